The lowest BCUT2D eigenvalue weighted by Gasteiger charge is -2.23. The zero-order valence-electron chi connectivity index (χ0n) is 19.4. The first kappa shape index (κ1) is 24.0. The van der Waals surface area contributed by atoms with Crippen molar-refractivity contribution in [3.8, 4) is 11.5 Å². The van der Waals surface area contributed by atoms with Crippen LogP contribution in [0.1, 0.15) is 62.5 Å². The van der Waals surface area contributed by atoms with Crippen LogP contribution in [0.3, 0.4) is 0 Å². The average Bonchev–Trinajstić information content (AvgIpc) is 2.79. The Morgan fingerprint density at radius 1 is 1.03 bits per heavy atom. The van der Waals surface area contributed by atoms with E-state index in [1.54, 1.807) is 18.2 Å². The highest BCUT2D eigenvalue weighted by atomic mass is 16.5. The van der Waals surface area contributed by atoms with Gasteiger partial charge in [-0.3, -0.25) is 14.4 Å². The largest absolute Gasteiger partial charge is 0.505 e. The Kier molecular flexibility index (Phi) is 7.53. The molecule has 0 bridgehead atoms. The molecule has 0 aliphatic rings. The summed E-state index contributed by atoms with van der Waals surface area (Å²) in [7, 11) is 0. The highest BCUT2D eigenvalue weighted by Gasteiger charge is 2.25. The maximum Gasteiger partial charge on any atom is 0.253 e. The minimum Gasteiger partial charge on any atom is -0.505 e. The summed E-state index contributed by atoms with van der Waals surface area (Å²) in [5.74, 6) is 0.449. The highest BCUT2D eigenvalue weighted by Crippen LogP contribution is 2.34. The summed E-state index contributed by atoms with van der Waals surface area (Å²) in [5, 5.41) is 16.7. The van der Waals surface area contributed by atoms with E-state index in [0.29, 0.717) is 19.4 Å². The van der Waals surface area contributed by atoms with Crippen LogP contribution in [0.25, 0.3) is 0 Å². The number of benzene rings is 2. The number of carbonyl (C=O) groups is 1. The number of hydrogen-bond donors (Lipinski definition) is 3. The van der Waals surface area contributed by atoms with Gasteiger partial charge >= 0.3 is 0 Å². The van der Waals surface area contributed by atoms with E-state index in [9.17, 15) is 19.5 Å². The van der Waals surface area contributed by atoms with Crippen molar-refractivity contribution in [1.29, 1.82) is 0 Å². The van der Waals surface area contributed by atoms with Crippen molar-refractivity contribution in [3.63, 3.8) is 0 Å². The van der Waals surface area contributed by atoms with Crippen molar-refractivity contribution < 1.29 is 14.6 Å². The number of phenols is 1. The van der Waals surface area contributed by atoms with Crippen molar-refractivity contribution in [3.05, 3.63) is 74.0 Å². The maximum absolute atomic E-state index is 12.5. The maximum atomic E-state index is 12.5. The van der Waals surface area contributed by atoms with Gasteiger partial charge in [0.1, 0.15) is 22.9 Å². The monoisotopic (exact) mass is 450 g/mol. The van der Waals surface area contributed by atoms with Crippen LogP contribution >= 0.6 is 0 Å². The van der Waals surface area contributed by atoms with E-state index in [1.165, 1.54) is 0 Å². The second-order valence-electron chi connectivity index (χ2n) is 8.37. The molecule has 0 radical (unpaired) electrons. The van der Waals surface area contributed by atoms with E-state index in [0.717, 1.165) is 11.3 Å². The van der Waals surface area contributed by atoms with Crippen molar-refractivity contribution in [1.82, 2.24) is 0 Å². The second kappa shape index (κ2) is 10.3. The topological polar surface area (TPSA) is 105 Å². The molecule has 0 amide bonds. The van der Waals surface area contributed by atoms with Gasteiger partial charge in [0.25, 0.3) is 10.9 Å². The van der Waals surface area contributed by atoms with Crippen LogP contribution in [0.4, 0.5) is 17.1 Å². The molecular formula is C26H30N2O5. The van der Waals surface area contributed by atoms with Crippen molar-refractivity contribution >= 4 is 22.8 Å². The molecule has 0 fully saturated rings. The molecule has 7 nitrogen and oxygen atoms in total. The molecule has 3 aromatic carbocycles. The number of carbonyl (C=O) groups excluding carboxylic acids is 1. The van der Waals surface area contributed by atoms with Gasteiger partial charge in [0, 0.05) is 6.42 Å². The fourth-order valence-corrected chi connectivity index (χ4v) is 3.72. The Bertz CT molecular complexity index is 1210. The lowest BCUT2D eigenvalue weighted by molar-refractivity contribution is 0.0965. The molecule has 0 aliphatic carbocycles. The number of phenolic OH excluding ortho intramolecular Hbond substituents is 1. The summed E-state index contributed by atoms with van der Waals surface area (Å²) in [5.41, 5.74) is 0.242. The third-order valence-electron chi connectivity index (χ3n) is 5.40. The first-order valence-corrected chi connectivity index (χ1v) is 11.2. The quantitative estimate of drug-likeness (QED) is 0.216. The molecule has 0 aliphatic heterocycles. The molecule has 0 spiro atoms. The molecule has 1 unspecified atom stereocenters. The molecule has 3 N–H and O–H groups in total. The summed E-state index contributed by atoms with van der Waals surface area (Å²) < 4.78 is 5.56. The summed E-state index contributed by atoms with van der Waals surface area (Å²) in [6.07, 6.45) is 0.960. The number of Topliss-reactive ketones (excluding diaryl/α,β-unsaturated/α-hetero) is 1. The molecule has 33 heavy (non-hydrogen) atoms. The summed E-state index contributed by atoms with van der Waals surface area (Å²) in [4.78, 5) is 37.1. The fourth-order valence-electron chi connectivity index (χ4n) is 3.72. The first-order chi connectivity index (χ1) is 15.8. The molecule has 0 aromatic heterocycles. The van der Waals surface area contributed by atoms with Gasteiger partial charge in [-0.2, -0.15) is 0 Å². The molecular weight excluding hydrogens is 420 g/mol. The van der Waals surface area contributed by atoms with E-state index in [-0.39, 0.29) is 46.1 Å². The highest BCUT2D eigenvalue weighted by molar-refractivity contribution is 6.00. The van der Waals surface area contributed by atoms with Crippen LogP contribution in [0, 0.1) is 5.92 Å². The smallest absolute Gasteiger partial charge is 0.253 e. The second-order valence-corrected chi connectivity index (χ2v) is 8.37. The number of hydrogen-bond acceptors (Lipinski definition) is 7. The number of aromatic hydroxyl groups is 1. The third-order valence-corrected chi connectivity index (χ3v) is 5.40. The Morgan fingerprint density at radius 2 is 1.73 bits per heavy atom. The zero-order valence-corrected chi connectivity index (χ0v) is 19.4. The minimum atomic E-state index is -0.672. The number of rotatable bonds is 11. The van der Waals surface area contributed by atoms with E-state index < -0.39 is 10.9 Å². The molecule has 0 heterocycles. The number of ether oxygens (including phenoxy) is 1. The first-order valence-electron chi connectivity index (χ1n) is 11.2. The Morgan fingerprint density at radius 3 is 2.39 bits per heavy atom. The Labute approximate surface area is 193 Å². The van der Waals surface area contributed by atoms with Crippen LogP contribution in [0.2, 0.25) is 0 Å². The van der Waals surface area contributed by atoms with Crippen LogP contribution in [0.15, 0.2) is 52.1 Å². The Balaban J connectivity index is 1.87. The van der Waals surface area contributed by atoms with Gasteiger partial charge in [-0.05, 0) is 49.1 Å². The van der Waals surface area contributed by atoms with E-state index >= 15 is 0 Å². The van der Waals surface area contributed by atoms with Gasteiger partial charge in [-0.15, -0.1) is 0 Å². The summed E-state index contributed by atoms with van der Waals surface area (Å²) >= 11 is 0. The normalized spacial score (nSPS) is 12.0. The van der Waals surface area contributed by atoms with Crippen LogP contribution in [-0.2, 0) is 0 Å². The van der Waals surface area contributed by atoms with Gasteiger partial charge in [0.05, 0.1) is 23.9 Å². The van der Waals surface area contributed by atoms with Gasteiger partial charge in [0.2, 0.25) is 0 Å². The predicted molar refractivity (Wildman–Crippen MR) is 131 cm³/mol. The van der Waals surface area contributed by atoms with Gasteiger partial charge in [-0.25, -0.2) is 0 Å². The lowest BCUT2D eigenvalue weighted by Crippen LogP contribution is -2.37. The van der Waals surface area contributed by atoms with Crippen molar-refractivity contribution in [2.24, 2.45) is 5.92 Å². The predicted octanol–water partition coefficient (Wildman–Crippen LogP) is 4.92. The average molecular weight is 451 g/mol. The number of ketones is 1. The summed E-state index contributed by atoms with van der Waals surface area (Å²) in [6, 6.07) is 12.1. The van der Waals surface area contributed by atoms with Crippen molar-refractivity contribution in [2.75, 3.05) is 17.2 Å². The molecule has 0 saturated carbocycles. The van der Waals surface area contributed by atoms with Crippen LogP contribution < -0.4 is 26.2 Å². The van der Waals surface area contributed by atoms with E-state index in [4.69, 9.17) is 4.74 Å². The van der Waals surface area contributed by atoms with Crippen LogP contribution in [0.5, 0.6) is 11.5 Å². The lowest BCUT2D eigenvalue weighted by atomic mass is 9.99. The van der Waals surface area contributed by atoms with Gasteiger partial charge in [-0.1, -0.05) is 39.0 Å². The molecule has 0 saturated heterocycles. The fraction of sp³-hybridized carbons (Fsp3) is 0.346. The zero-order chi connectivity index (χ0) is 24.1. The minimum absolute atomic E-state index is 0.0724. The third kappa shape index (κ3) is 5.25. The molecule has 3 aromatic rings. The van der Waals surface area contributed by atoms with Gasteiger partial charge < -0.3 is 20.5 Å². The molecule has 3 rings (SSSR count). The standard InChI is InChI=1S/C26H30N2O5/c1-5-19(16-9-7-10-17(14-16)33-6-2)27-22-23(26(32)25(22)31)28-20-12-8-11-18(24(20)30)21(29)13-15(3)4/h7-12,14-15,19,27-28,30H,5-6,13H2,1-4H3. The number of para-hydroxylation sites is 1. The molecule has 174 valence electrons. The number of anilines is 3. The van der Waals surface area contributed by atoms with Crippen molar-refractivity contribution in [2.45, 2.75) is 46.6 Å². The molecule has 1 atom stereocenters. The molecule has 7 heteroatoms. The SMILES string of the molecule is CCOc1cccc(C(CC)Nc2c(Nc3cccc(C(=O)CC(C)C)c3O)c(=O)c2=O)c1. The van der Waals surface area contributed by atoms with E-state index in [1.807, 2.05) is 52.0 Å². The van der Waals surface area contributed by atoms with E-state index in [2.05, 4.69) is 10.6 Å². The summed E-state index contributed by atoms with van der Waals surface area (Å²) in [6.45, 7) is 8.27. The van der Waals surface area contributed by atoms with Gasteiger partial charge in [0.15, 0.2) is 5.78 Å². The van der Waals surface area contributed by atoms with Crippen LogP contribution in [-0.4, -0.2) is 17.5 Å². The number of nitrogens with one attached hydrogen (secondary N) is 2. The Hall–Kier alpha value is -3.61.